The van der Waals surface area contributed by atoms with Gasteiger partial charge in [0, 0.05) is 17.3 Å². The minimum Gasteiger partial charge on any atom is -0.507 e. The fourth-order valence-corrected chi connectivity index (χ4v) is 2.32. The van der Waals surface area contributed by atoms with E-state index in [-0.39, 0.29) is 10.7 Å². The van der Waals surface area contributed by atoms with Crippen LogP contribution >= 0.6 is 12.2 Å². The summed E-state index contributed by atoms with van der Waals surface area (Å²) in [5.74, 6) is -1.27. The quantitative estimate of drug-likeness (QED) is 0.587. The maximum atomic E-state index is 12.3. The van der Waals surface area contributed by atoms with E-state index in [1.54, 1.807) is 12.1 Å². The fourth-order valence-electron chi connectivity index (χ4n) is 2.11. The minimum atomic E-state index is -1.25. The lowest BCUT2D eigenvalue weighted by Gasteiger charge is -2.12. The Bertz CT molecular complexity index is 868. The number of amides is 1. The third-order valence-corrected chi connectivity index (χ3v) is 3.56. The van der Waals surface area contributed by atoms with Crippen LogP contribution in [0.3, 0.4) is 0 Å². The van der Waals surface area contributed by atoms with Crippen LogP contribution in [-0.2, 0) is 0 Å². The molecule has 0 aromatic heterocycles. The number of thiocarbonyl (C=S) groups is 1. The number of aromatic carboxylic acids is 1. The van der Waals surface area contributed by atoms with E-state index in [4.69, 9.17) is 26.8 Å². The summed E-state index contributed by atoms with van der Waals surface area (Å²) in [6.07, 6.45) is 0. The van der Waals surface area contributed by atoms with Gasteiger partial charge in [-0.2, -0.15) is 0 Å². The molecule has 1 amide bonds. The molecule has 136 valence electrons. The first-order valence-corrected chi connectivity index (χ1v) is 7.67. The Kier molecular flexibility index (Phi) is 5.97. The standard InChI is InChI=1S/C17H16N2O6S/c1-24-13-6-3-9(7-14(13)25-2)15(21)19-17(26)18-10-4-5-11(16(22)23)12(20)8-10/h3-8,20H,1-2H3,(H,22,23)(H2,18,19,21,26). The van der Waals surface area contributed by atoms with Crippen molar-refractivity contribution in [3.05, 3.63) is 47.5 Å². The lowest BCUT2D eigenvalue weighted by atomic mass is 10.2. The zero-order valence-corrected chi connectivity index (χ0v) is 14.7. The average Bonchev–Trinajstić information content (AvgIpc) is 2.60. The molecule has 0 heterocycles. The maximum Gasteiger partial charge on any atom is 0.339 e. The second-order valence-corrected chi connectivity index (χ2v) is 5.42. The first-order chi connectivity index (χ1) is 12.3. The number of hydrogen-bond acceptors (Lipinski definition) is 6. The van der Waals surface area contributed by atoms with E-state index in [1.165, 1.54) is 38.5 Å². The van der Waals surface area contributed by atoms with Gasteiger partial charge in [-0.3, -0.25) is 10.1 Å². The Hall–Kier alpha value is -3.33. The number of carboxylic acid groups (broad SMARTS) is 1. The minimum absolute atomic E-state index is 0.0211. The lowest BCUT2D eigenvalue weighted by Crippen LogP contribution is -2.34. The van der Waals surface area contributed by atoms with Crippen molar-refractivity contribution in [1.29, 1.82) is 0 Å². The molecule has 0 aliphatic carbocycles. The highest BCUT2D eigenvalue weighted by Crippen LogP contribution is 2.27. The number of benzene rings is 2. The van der Waals surface area contributed by atoms with Crippen molar-refractivity contribution in [3.8, 4) is 17.2 Å². The van der Waals surface area contributed by atoms with Crippen molar-refractivity contribution in [3.63, 3.8) is 0 Å². The Labute approximate surface area is 154 Å². The molecule has 0 spiro atoms. The van der Waals surface area contributed by atoms with Crippen molar-refractivity contribution < 1.29 is 29.3 Å². The Morgan fingerprint density at radius 3 is 2.31 bits per heavy atom. The summed E-state index contributed by atoms with van der Waals surface area (Å²) in [7, 11) is 2.95. The average molecular weight is 376 g/mol. The molecule has 8 nitrogen and oxygen atoms in total. The Morgan fingerprint density at radius 1 is 1.04 bits per heavy atom. The Balaban J connectivity index is 2.07. The van der Waals surface area contributed by atoms with Gasteiger partial charge in [0.25, 0.3) is 5.91 Å². The first kappa shape index (κ1) is 19.0. The van der Waals surface area contributed by atoms with Crippen LogP contribution in [0.2, 0.25) is 0 Å². The van der Waals surface area contributed by atoms with Gasteiger partial charge >= 0.3 is 5.97 Å². The molecule has 2 aromatic rings. The van der Waals surface area contributed by atoms with E-state index >= 15 is 0 Å². The molecule has 2 aromatic carbocycles. The van der Waals surface area contributed by atoms with Gasteiger partial charge in [0.1, 0.15) is 11.3 Å². The SMILES string of the molecule is COc1ccc(C(=O)NC(=S)Nc2ccc(C(=O)O)c(O)c2)cc1OC. The number of aromatic hydroxyl groups is 1. The van der Waals surface area contributed by atoms with Crippen molar-refractivity contribution in [2.24, 2.45) is 0 Å². The van der Waals surface area contributed by atoms with Crippen LogP contribution in [0.1, 0.15) is 20.7 Å². The normalized spacial score (nSPS) is 9.92. The van der Waals surface area contributed by atoms with E-state index in [0.717, 1.165) is 0 Å². The largest absolute Gasteiger partial charge is 0.507 e. The van der Waals surface area contributed by atoms with Gasteiger partial charge in [0.05, 0.1) is 14.2 Å². The molecule has 0 aliphatic rings. The summed E-state index contributed by atoms with van der Waals surface area (Å²) < 4.78 is 10.3. The van der Waals surface area contributed by atoms with Crippen LogP contribution in [0, 0.1) is 0 Å². The van der Waals surface area contributed by atoms with E-state index in [9.17, 15) is 14.7 Å². The molecule has 4 N–H and O–H groups in total. The second-order valence-electron chi connectivity index (χ2n) is 5.02. The number of anilines is 1. The van der Waals surface area contributed by atoms with Crippen LogP contribution in [0.15, 0.2) is 36.4 Å². The summed E-state index contributed by atoms with van der Waals surface area (Å²) in [6.45, 7) is 0. The van der Waals surface area contributed by atoms with Crippen LogP contribution in [0.5, 0.6) is 17.2 Å². The van der Waals surface area contributed by atoms with Gasteiger partial charge in [0.2, 0.25) is 0 Å². The number of carbonyl (C=O) groups excluding carboxylic acids is 1. The molecule has 0 saturated carbocycles. The third kappa shape index (κ3) is 4.39. The highest BCUT2D eigenvalue weighted by Gasteiger charge is 2.13. The number of rotatable bonds is 5. The van der Waals surface area contributed by atoms with E-state index < -0.39 is 17.6 Å². The monoisotopic (exact) mass is 376 g/mol. The van der Waals surface area contributed by atoms with Gasteiger partial charge in [-0.1, -0.05) is 0 Å². The number of nitrogens with one attached hydrogen (secondary N) is 2. The number of carbonyl (C=O) groups is 2. The van der Waals surface area contributed by atoms with Crippen molar-refractivity contribution in [2.75, 3.05) is 19.5 Å². The van der Waals surface area contributed by atoms with Gasteiger partial charge in [0.15, 0.2) is 16.6 Å². The first-order valence-electron chi connectivity index (χ1n) is 7.26. The number of hydrogen-bond donors (Lipinski definition) is 4. The van der Waals surface area contributed by atoms with E-state index in [0.29, 0.717) is 22.7 Å². The highest BCUT2D eigenvalue weighted by molar-refractivity contribution is 7.80. The Morgan fingerprint density at radius 2 is 1.73 bits per heavy atom. The van der Waals surface area contributed by atoms with Gasteiger partial charge in [-0.15, -0.1) is 0 Å². The molecule has 0 fully saturated rings. The summed E-state index contributed by atoms with van der Waals surface area (Å²) in [6, 6.07) is 8.47. The summed E-state index contributed by atoms with van der Waals surface area (Å²) in [5, 5.41) is 23.7. The predicted molar refractivity (Wildman–Crippen MR) is 98.3 cm³/mol. The van der Waals surface area contributed by atoms with E-state index in [1.807, 2.05) is 0 Å². The molecule has 0 unspecified atom stereocenters. The predicted octanol–water partition coefficient (Wildman–Crippen LogP) is 2.23. The smallest absolute Gasteiger partial charge is 0.339 e. The van der Waals surface area contributed by atoms with Crippen molar-refractivity contribution in [2.45, 2.75) is 0 Å². The van der Waals surface area contributed by atoms with E-state index in [2.05, 4.69) is 10.6 Å². The summed E-state index contributed by atoms with van der Waals surface area (Å²) >= 11 is 5.05. The fraction of sp³-hybridized carbons (Fsp3) is 0.118. The van der Waals surface area contributed by atoms with Crippen LogP contribution in [-0.4, -0.2) is 41.4 Å². The van der Waals surface area contributed by atoms with Crippen molar-refractivity contribution >= 4 is 34.9 Å². The molecule has 2 rings (SSSR count). The maximum absolute atomic E-state index is 12.3. The number of carboxylic acids is 1. The van der Waals surface area contributed by atoms with Gasteiger partial charge < -0.3 is 25.0 Å². The molecule has 0 radical (unpaired) electrons. The van der Waals surface area contributed by atoms with Crippen LogP contribution in [0.25, 0.3) is 0 Å². The molecule has 9 heteroatoms. The molecule has 0 atom stereocenters. The molecular formula is C17H16N2O6S. The molecular weight excluding hydrogens is 360 g/mol. The summed E-state index contributed by atoms with van der Waals surface area (Å²) in [4.78, 5) is 23.1. The second kappa shape index (κ2) is 8.17. The van der Waals surface area contributed by atoms with Crippen LogP contribution in [0.4, 0.5) is 5.69 Å². The lowest BCUT2D eigenvalue weighted by molar-refractivity contribution is 0.0693. The zero-order chi connectivity index (χ0) is 19.3. The molecule has 0 bridgehead atoms. The number of phenols is 1. The highest BCUT2D eigenvalue weighted by atomic mass is 32.1. The number of methoxy groups -OCH3 is 2. The third-order valence-electron chi connectivity index (χ3n) is 3.36. The zero-order valence-electron chi connectivity index (χ0n) is 13.9. The van der Waals surface area contributed by atoms with Crippen LogP contribution < -0.4 is 20.1 Å². The molecule has 0 saturated heterocycles. The topological polar surface area (TPSA) is 117 Å². The van der Waals surface area contributed by atoms with Gasteiger partial charge in [-0.25, -0.2) is 4.79 Å². The number of ether oxygens (including phenoxy) is 2. The summed E-state index contributed by atoms with van der Waals surface area (Å²) in [5.41, 5.74) is 0.386. The molecule has 0 aliphatic heterocycles. The van der Waals surface area contributed by atoms with Crippen molar-refractivity contribution in [1.82, 2.24) is 5.32 Å². The van der Waals surface area contributed by atoms with Gasteiger partial charge in [-0.05, 0) is 42.5 Å². The molecule has 26 heavy (non-hydrogen) atoms.